The van der Waals surface area contributed by atoms with Crippen LogP contribution in [0.15, 0.2) is 39.6 Å². The summed E-state index contributed by atoms with van der Waals surface area (Å²) >= 11 is 0. The van der Waals surface area contributed by atoms with Gasteiger partial charge in [-0.25, -0.2) is 13.2 Å². The lowest BCUT2D eigenvalue weighted by Crippen LogP contribution is -2.34. The van der Waals surface area contributed by atoms with Crippen LogP contribution in [-0.2, 0) is 23.1 Å². The van der Waals surface area contributed by atoms with Crippen molar-refractivity contribution in [3.8, 4) is 0 Å². The van der Waals surface area contributed by atoms with Crippen LogP contribution in [0.2, 0.25) is 0 Å². The van der Waals surface area contributed by atoms with Gasteiger partial charge in [-0.2, -0.15) is 4.31 Å². The zero-order valence-electron chi connectivity index (χ0n) is 12.9. The molecule has 1 aliphatic carbocycles. The molecule has 0 amide bonds. The number of aromatic nitrogens is 2. The van der Waals surface area contributed by atoms with Gasteiger partial charge in [-0.1, -0.05) is 35.5 Å². The SMILES string of the molecule is CS(=O)(=O)N(CCn1c(C2CC2)noc1=O)Cc1ccccc1. The Labute approximate surface area is 134 Å². The van der Waals surface area contributed by atoms with E-state index in [1.54, 1.807) is 0 Å². The lowest BCUT2D eigenvalue weighted by atomic mass is 10.2. The van der Waals surface area contributed by atoms with Crippen molar-refractivity contribution in [2.24, 2.45) is 0 Å². The molecule has 0 saturated heterocycles. The lowest BCUT2D eigenvalue weighted by Gasteiger charge is -2.20. The summed E-state index contributed by atoms with van der Waals surface area (Å²) in [7, 11) is -3.38. The van der Waals surface area contributed by atoms with Crippen LogP contribution in [0.4, 0.5) is 0 Å². The lowest BCUT2D eigenvalue weighted by molar-refractivity contribution is 0.357. The third-order valence-corrected chi connectivity index (χ3v) is 5.15. The van der Waals surface area contributed by atoms with Crippen molar-refractivity contribution in [1.29, 1.82) is 0 Å². The molecule has 1 aromatic heterocycles. The molecule has 0 bridgehead atoms. The Hall–Kier alpha value is -1.93. The first-order valence-corrected chi connectivity index (χ1v) is 9.35. The van der Waals surface area contributed by atoms with Gasteiger partial charge in [0.2, 0.25) is 10.0 Å². The molecule has 7 nitrogen and oxygen atoms in total. The molecule has 124 valence electrons. The number of hydrogen-bond donors (Lipinski definition) is 0. The molecule has 1 heterocycles. The fourth-order valence-corrected chi connectivity index (χ4v) is 3.28. The average Bonchev–Trinajstić information content (AvgIpc) is 3.28. The Morgan fingerprint density at radius 3 is 2.61 bits per heavy atom. The van der Waals surface area contributed by atoms with Crippen molar-refractivity contribution in [3.05, 3.63) is 52.3 Å². The van der Waals surface area contributed by atoms with Gasteiger partial charge in [-0.15, -0.1) is 0 Å². The van der Waals surface area contributed by atoms with Gasteiger partial charge in [-0.3, -0.25) is 9.09 Å². The molecule has 1 saturated carbocycles. The monoisotopic (exact) mass is 337 g/mol. The third kappa shape index (κ3) is 3.89. The number of nitrogens with zero attached hydrogens (tertiary/aromatic N) is 3. The van der Waals surface area contributed by atoms with Crippen molar-refractivity contribution in [1.82, 2.24) is 14.0 Å². The first kappa shape index (κ1) is 15.9. The van der Waals surface area contributed by atoms with Crippen molar-refractivity contribution < 1.29 is 12.9 Å². The van der Waals surface area contributed by atoms with Crippen LogP contribution in [-0.4, -0.2) is 35.2 Å². The molecule has 8 heteroatoms. The smallest absolute Gasteiger partial charge is 0.296 e. The highest BCUT2D eigenvalue weighted by atomic mass is 32.2. The third-order valence-electron chi connectivity index (χ3n) is 3.90. The fourth-order valence-electron chi connectivity index (χ4n) is 2.48. The molecule has 1 aromatic carbocycles. The first-order valence-electron chi connectivity index (χ1n) is 7.50. The molecule has 3 rings (SSSR count). The van der Waals surface area contributed by atoms with Crippen LogP contribution in [0, 0.1) is 0 Å². The highest BCUT2D eigenvalue weighted by molar-refractivity contribution is 7.88. The molecule has 23 heavy (non-hydrogen) atoms. The first-order chi connectivity index (χ1) is 10.9. The normalized spacial score (nSPS) is 15.2. The second kappa shape index (κ2) is 6.29. The number of benzene rings is 1. The van der Waals surface area contributed by atoms with Crippen molar-refractivity contribution >= 4 is 10.0 Å². The van der Waals surface area contributed by atoms with Crippen molar-refractivity contribution in [2.45, 2.75) is 31.8 Å². The van der Waals surface area contributed by atoms with Crippen molar-refractivity contribution in [3.63, 3.8) is 0 Å². The average molecular weight is 337 g/mol. The number of sulfonamides is 1. The largest absolute Gasteiger partial charge is 0.441 e. The maximum absolute atomic E-state index is 12.0. The maximum Gasteiger partial charge on any atom is 0.441 e. The van der Waals surface area contributed by atoms with E-state index in [1.165, 1.54) is 15.1 Å². The molecular formula is C15H19N3O4S. The molecule has 0 N–H and O–H groups in total. The predicted molar refractivity (Wildman–Crippen MR) is 84.4 cm³/mol. The zero-order chi connectivity index (χ0) is 16.4. The Balaban J connectivity index is 1.75. The summed E-state index contributed by atoms with van der Waals surface area (Å²) in [5.74, 6) is 0.366. The van der Waals surface area contributed by atoms with Crippen LogP contribution in [0.5, 0.6) is 0 Å². The molecule has 0 radical (unpaired) electrons. The minimum absolute atomic E-state index is 0.203. The Morgan fingerprint density at radius 2 is 2.00 bits per heavy atom. The fraction of sp³-hybridized carbons (Fsp3) is 0.467. The predicted octanol–water partition coefficient (Wildman–Crippen LogP) is 1.18. The highest BCUT2D eigenvalue weighted by Crippen LogP contribution is 2.38. The quantitative estimate of drug-likeness (QED) is 0.757. The van der Waals surface area contributed by atoms with E-state index in [0.29, 0.717) is 5.82 Å². The van der Waals surface area contributed by atoms with E-state index in [4.69, 9.17) is 4.52 Å². The van der Waals surface area contributed by atoms with E-state index in [0.717, 1.165) is 18.4 Å². The van der Waals surface area contributed by atoms with Gasteiger partial charge in [0.05, 0.1) is 6.26 Å². The van der Waals surface area contributed by atoms with E-state index in [-0.39, 0.29) is 25.6 Å². The van der Waals surface area contributed by atoms with E-state index >= 15 is 0 Å². The van der Waals surface area contributed by atoms with Gasteiger partial charge < -0.3 is 0 Å². The van der Waals surface area contributed by atoms with E-state index < -0.39 is 15.8 Å². The van der Waals surface area contributed by atoms with Gasteiger partial charge >= 0.3 is 5.76 Å². The second-order valence-corrected chi connectivity index (χ2v) is 7.80. The van der Waals surface area contributed by atoms with Crippen LogP contribution < -0.4 is 5.76 Å². The van der Waals surface area contributed by atoms with Gasteiger partial charge in [-0.05, 0) is 18.4 Å². The summed E-state index contributed by atoms with van der Waals surface area (Å²) in [6, 6.07) is 9.36. The number of rotatable bonds is 7. The standard InChI is InChI=1S/C15H19N3O4S/c1-23(20,21)17(11-12-5-3-2-4-6-12)9-10-18-14(13-7-8-13)16-22-15(18)19/h2-6,13H,7-11H2,1H3. The summed E-state index contributed by atoms with van der Waals surface area (Å²) < 4.78 is 31.5. The molecule has 1 fully saturated rings. The summed E-state index contributed by atoms with van der Waals surface area (Å²) in [4.78, 5) is 11.8. The van der Waals surface area contributed by atoms with E-state index in [2.05, 4.69) is 5.16 Å². The van der Waals surface area contributed by atoms with Crippen LogP contribution >= 0.6 is 0 Å². The summed E-state index contributed by atoms with van der Waals surface area (Å²) in [5.41, 5.74) is 0.901. The molecule has 1 aliphatic rings. The Kier molecular flexibility index (Phi) is 4.36. The van der Waals surface area contributed by atoms with Crippen LogP contribution in [0.25, 0.3) is 0 Å². The highest BCUT2D eigenvalue weighted by Gasteiger charge is 2.31. The van der Waals surface area contributed by atoms with Crippen LogP contribution in [0.3, 0.4) is 0 Å². The maximum atomic E-state index is 12.0. The zero-order valence-corrected chi connectivity index (χ0v) is 13.7. The summed E-state index contributed by atoms with van der Waals surface area (Å²) in [5, 5.41) is 3.81. The van der Waals surface area contributed by atoms with Crippen molar-refractivity contribution in [2.75, 3.05) is 12.8 Å². The molecular weight excluding hydrogens is 318 g/mol. The van der Waals surface area contributed by atoms with Gasteiger partial charge in [0.15, 0.2) is 5.82 Å². The minimum atomic E-state index is -3.38. The Morgan fingerprint density at radius 1 is 1.30 bits per heavy atom. The summed E-state index contributed by atoms with van der Waals surface area (Å²) in [6.45, 7) is 0.723. The Bertz CT molecular complexity index is 822. The summed E-state index contributed by atoms with van der Waals surface area (Å²) in [6.07, 6.45) is 3.16. The van der Waals surface area contributed by atoms with Gasteiger partial charge in [0, 0.05) is 25.6 Å². The van der Waals surface area contributed by atoms with Crippen LogP contribution in [0.1, 0.15) is 30.1 Å². The van der Waals surface area contributed by atoms with Gasteiger partial charge in [0.25, 0.3) is 0 Å². The van der Waals surface area contributed by atoms with Gasteiger partial charge in [0.1, 0.15) is 0 Å². The molecule has 0 spiro atoms. The molecule has 0 unspecified atom stereocenters. The molecule has 0 aliphatic heterocycles. The molecule has 2 aromatic rings. The topological polar surface area (TPSA) is 85.4 Å². The minimum Gasteiger partial charge on any atom is -0.296 e. The molecule has 0 atom stereocenters. The van der Waals surface area contributed by atoms with E-state index in [1.807, 2.05) is 30.3 Å². The second-order valence-electron chi connectivity index (χ2n) is 5.81. The van der Waals surface area contributed by atoms with E-state index in [9.17, 15) is 13.2 Å². The number of hydrogen-bond acceptors (Lipinski definition) is 5.